The number of rotatable bonds is 4. The van der Waals surface area contributed by atoms with Crippen molar-refractivity contribution in [1.29, 1.82) is 0 Å². The first kappa shape index (κ1) is 20.1. The summed E-state index contributed by atoms with van der Waals surface area (Å²) in [5, 5.41) is 6.27. The molecule has 0 bridgehead atoms. The first-order chi connectivity index (χ1) is 15.8. The molecule has 8 heteroatoms. The molecule has 3 aromatic rings. The van der Waals surface area contributed by atoms with Crippen LogP contribution in [-0.2, 0) is 4.74 Å². The van der Waals surface area contributed by atoms with Crippen molar-refractivity contribution in [3.05, 3.63) is 66.9 Å². The van der Waals surface area contributed by atoms with Gasteiger partial charge in [0.2, 0.25) is 0 Å². The molecule has 3 heterocycles. The molecule has 0 spiro atoms. The van der Waals surface area contributed by atoms with Crippen LogP contribution < -0.4 is 25.2 Å². The molecule has 0 atom stereocenters. The SMILES string of the molecule is O=C(Nc1ccccc1)N1CCOc2cc(Nc3ccc(N4CCOCC4)cc3)cnc21. The first-order valence-electron chi connectivity index (χ1n) is 10.7. The molecule has 0 radical (unpaired) electrons. The molecule has 164 valence electrons. The number of nitrogens with one attached hydrogen (secondary N) is 2. The summed E-state index contributed by atoms with van der Waals surface area (Å²) >= 11 is 0. The maximum atomic E-state index is 12.8. The normalized spacial score (nSPS) is 15.5. The Bertz CT molecular complexity index is 1070. The number of pyridine rings is 1. The summed E-state index contributed by atoms with van der Waals surface area (Å²) in [4.78, 5) is 21.2. The Kier molecular flexibility index (Phi) is 5.76. The van der Waals surface area contributed by atoms with Gasteiger partial charge in [0.1, 0.15) is 6.61 Å². The molecule has 2 aliphatic rings. The average Bonchev–Trinajstić information content (AvgIpc) is 2.85. The number of amides is 2. The van der Waals surface area contributed by atoms with Crippen LogP contribution in [0.4, 0.5) is 33.4 Å². The van der Waals surface area contributed by atoms with Gasteiger partial charge in [-0.3, -0.25) is 4.90 Å². The van der Waals surface area contributed by atoms with Crippen LogP contribution in [0, 0.1) is 0 Å². The van der Waals surface area contributed by atoms with Crippen molar-refractivity contribution >= 4 is 34.6 Å². The second-order valence-corrected chi connectivity index (χ2v) is 7.61. The van der Waals surface area contributed by atoms with E-state index in [1.807, 2.05) is 48.5 Å². The molecule has 2 aliphatic heterocycles. The summed E-state index contributed by atoms with van der Waals surface area (Å²) in [5.41, 5.74) is 3.68. The predicted molar refractivity (Wildman–Crippen MR) is 125 cm³/mol. The second kappa shape index (κ2) is 9.15. The fraction of sp³-hybridized carbons (Fsp3) is 0.250. The van der Waals surface area contributed by atoms with Crippen LogP contribution in [-0.4, -0.2) is 50.5 Å². The fourth-order valence-electron chi connectivity index (χ4n) is 3.82. The van der Waals surface area contributed by atoms with Gasteiger partial charge in [-0.05, 0) is 36.4 Å². The van der Waals surface area contributed by atoms with Gasteiger partial charge in [-0.1, -0.05) is 18.2 Å². The van der Waals surface area contributed by atoms with Crippen LogP contribution in [0.1, 0.15) is 0 Å². The van der Waals surface area contributed by atoms with Crippen molar-refractivity contribution in [3.63, 3.8) is 0 Å². The third-order valence-electron chi connectivity index (χ3n) is 5.46. The number of urea groups is 1. The molecule has 2 aromatic carbocycles. The van der Waals surface area contributed by atoms with E-state index in [0.29, 0.717) is 24.7 Å². The van der Waals surface area contributed by atoms with E-state index in [1.54, 1.807) is 11.1 Å². The van der Waals surface area contributed by atoms with Crippen molar-refractivity contribution in [3.8, 4) is 5.75 Å². The summed E-state index contributed by atoms with van der Waals surface area (Å²) in [6.45, 7) is 4.20. The van der Waals surface area contributed by atoms with Gasteiger partial charge in [0.15, 0.2) is 11.6 Å². The van der Waals surface area contributed by atoms with Gasteiger partial charge in [-0.25, -0.2) is 9.78 Å². The van der Waals surface area contributed by atoms with Gasteiger partial charge >= 0.3 is 6.03 Å². The quantitative estimate of drug-likeness (QED) is 0.648. The molecule has 0 saturated carbocycles. The molecular formula is C24H25N5O3. The van der Waals surface area contributed by atoms with E-state index < -0.39 is 0 Å². The maximum Gasteiger partial charge on any atom is 0.327 e. The number of aromatic nitrogens is 1. The van der Waals surface area contributed by atoms with E-state index in [4.69, 9.17) is 9.47 Å². The number of morpholine rings is 1. The van der Waals surface area contributed by atoms with Gasteiger partial charge in [-0.15, -0.1) is 0 Å². The average molecular weight is 431 g/mol. The van der Waals surface area contributed by atoms with E-state index >= 15 is 0 Å². The number of carbonyl (C=O) groups is 1. The van der Waals surface area contributed by atoms with Crippen LogP contribution >= 0.6 is 0 Å². The number of fused-ring (bicyclic) bond motifs is 1. The molecule has 1 aromatic heterocycles. The maximum absolute atomic E-state index is 12.8. The summed E-state index contributed by atoms with van der Waals surface area (Å²) < 4.78 is 11.2. The van der Waals surface area contributed by atoms with E-state index in [1.165, 1.54) is 5.69 Å². The zero-order valence-electron chi connectivity index (χ0n) is 17.7. The number of anilines is 5. The topological polar surface area (TPSA) is 79.0 Å². The van der Waals surface area contributed by atoms with Crippen LogP contribution in [0.5, 0.6) is 5.75 Å². The molecule has 8 nitrogen and oxygen atoms in total. The standard InChI is InChI=1S/C24H25N5O3/c30-24(27-18-4-2-1-3-5-18)29-12-15-32-22-16-20(17-25-23(22)29)26-19-6-8-21(9-7-19)28-10-13-31-14-11-28/h1-9,16-17,26H,10-15H2,(H,27,30). The second-order valence-electron chi connectivity index (χ2n) is 7.61. The van der Waals surface area contributed by atoms with Gasteiger partial charge in [0, 0.05) is 36.2 Å². The van der Waals surface area contributed by atoms with Crippen molar-refractivity contribution in [2.24, 2.45) is 0 Å². The van der Waals surface area contributed by atoms with Crippen molar-refractivity contribution in [2.45, 2.75) is 0 Å². The minimum absolute atomic E-state index is 0.229. The highest BCUT2D eigenvalue weighted by molar-refractivity contribution is 6.02. The Morgan fingerprint density at radius 2 is 1.66 bits per heavy atom. The van der Waals surface area contributed by atoms with Crippen molar-refractivity contribution < 1.29 is 14.3 Å². The number of nitrogens with zero attached hydrogens (tertiary/aromatic N) is 3. The number of ether oxygens (including phenoxy) is 2. The monoisotopic (exact) mass is 431 g/mol. The Morgan fingerprint density at radius 3 is 2.44 bits per heavy atom. The van der Waals surface area contributed by atoms with Gasteiger partial charge in [-0.2, -0.15) is 0 Å². The number of carbonyl (C=O) groups excluding carboxylic acids is 1. The molecule has 2 N–H and O–H groups in total. The first-order valence-corrected chi connectivity index (χ1v) is 10.7. The zero-order valence-corrected chi connectivity index (χ0v) is 17.7. The van der Waals surface area contributed by atoms with Crippen LogP contribution in [0.15, 0.2) is 66.9 Å². The molecule has 2 amide bonds. The largest absolute Gasteiger partial charge is 0.488 e. The molecule has 0 aliphatic carbocycles. The Balaban J connectivity index is 1.27. The highest BCUT2D eigenvalue weighted by atomic mass is 16.5. The number of para-hydroxylation sites is 1. The predicted octanol–water partition coefficient (Wildman–Crippen LogP) is 4.09. The number of hydrogen-bond donors (Lipinski definition) is 2. The van der Waals surface area contributed by atoms with Crippen LogP contribution in [0.2, 0.25) is 0 Å². The van der Waals surface area contributed by atoms with E-state index in [0.717, 1.165) is 43.4 Å². The number of hydrogen-bond acceptors (Lipinski definition) is 6. The van der Waals surface area contributed by atoms with E-state index in [2.05, 4.69) is 32.7 Å². The lowest BCUT2D eigenvalue weighted by Crippen LogP contribution is -2.41. The highest BCUT2D eigenvalue weighted by Gasteiger charge is 2.25. The van der Waals surface area contributed by atoms with E-state index in [9.17, 15) is 4.79 Å². The summed E-state index contributed by atoms with van der Waals surface area (Å²) in [7, 11) is 0. The minimum Gasteiger partial charge on any atom is -0.488 e. The summed E-state index contributed by atoms with van der Waals surface area (Å²) in [6.07, 6.45) is 1.71. The number of benzene rings is 2. The van der Waals surface area contributed by atoms with Crippen LogP contribution in [0.25, 0.3) is 0 Å². The molecular weight excluding hydrogens is 406 g/mol. The smallest absolute Gasteiger partial charge is 0.327 e. The van der Waals surface area contributed by atoms with Gasteiger partial charge < -0.3 is 25.0 Å². The third-order valence-corrected chi connectivity index (χ3v) is 5.46. The lowest BCUT2D eigenvalue weighted by molar-refractivity contribution is 0.122. The Hall–Kier alpha value is -3.78. The summed E-state index contributed by atoms with van der Waals surface area (Å²) in [6, 6.07) is 19.3. The lowest BCUT2D eigenvalue weighted by atomic mass is 10.2. The molecule has 1 saturated heterocycles. The zero-order chi connectivity index (χ0) is 21.8. The van der Waals surface area contributed by atoms with Crippen LogP contribution in [0.3, 0.4) is 0 Å². The summed E-state index contributed by atoms with van der Waals surface area (Å²) in [5.74, 6) is 1.09. The minimum atomic E-state index is -0.229. The fourth-order valence-corrected chi connectivity index (χ4v) is 3.82. The molecule has 1 fully saturated rings. The van der Waals surface area contributed by atoms with Gasteiger partial charge in [0.25, 0.3) is 0 Å². The molecule has 32 heavy (non-hydrogen) atoms. The highest BCUT2D eigenvalue weighted by Crippen LogP contribution is 2.33. The Morgan fingerprint density at radius 1 is 0.875 bits per heavy atom. The van der Waals surface area contributed by atoms with Crippen molar-refractivity contribution in [2.75, 3.05) is 59.9 Å². The lowest BCUT2D eigenvalue weighted by Gasteiger charge is -2.29. The van der Waals surface area contributed by atoms with Crippen molar-refractivity contribution in [1.82, 2.24) is 4.98 Å². The molecule has 0 unspecified atom stereocenters. The molecule has 5 rings (SSSR count). The van der Waals surface area contributed by atoms with Gasteiger partial charge in [0.05, 0.1) is 31.6 Å². The Labute approximate surface area is 186 Å². The third kappa shape index (κ3) is 4.45. The van der Waals surface area contributed by atoms with E-state index in [-0.39, 0.29) is 6.03 Å².